The summed E-state index contributed by atoms with van der Waals surface area (Å²) in [6, 6.07) is 1.97. The van der Waals surface area contributed by atoms with E-state index in [0.717, 1.165) is 18.6 Å². The van der Waals surface area contributed by atoms with Crippen LogP contribution < -0.4 is 4.74 Å². The van der Waals surface area contributed by atoms with Crippen LogP contribution in [0, 0.1) is 0 Å². The lowest BCUT2D eigenvalue weighted by Crippen LogP contribution is -2.01. The Morgan fingerprint density at radius 2 is 1.81 bits per heavy atom. The Balaban J connectivity index is 2.86. The molecule has 2 nitrogen and oxygen atoms in total. The zero-order valence-electron chi connectivity index (χ0n) is 10.8. The fourth-order valence-electron chi connectivity index (χ4n) is 1.89. The van der Waals surface area contributed by atoms with Gasteiger partial charge in [0.15, 0.2) is 0 Å². The van der Waals surface area contributed by atoms with E-state index in [2.05, 4.69) is 18.8 Å². The minimum Gasteiger partial charge on any atom is -0.496 e. The van der Waals surface area contributed by atoms with Gasteiger partial charge in [-0.2, -0.15) is 0 Å². The molecular formula is C14H23NO. The minimum atomic E-state index is 1.01. The van der Waals surface area contributed by atoms with Gasteiger partial charge in [-0.3, -0.25) is 4.98 Å². The fraction of sp³-hybridized carbons (Fsp3) is 0.643. The Morgan fingerprint density at radius 3 is 2.44 bits per heavy atom. The first kappa shape index (κ1) is 13.0. The van der Waals surface area contributed by atoms with E-state index >= 15 is 0 Å². The lowest BCUT2D eigenvalue weighted by atomic mass is 10.0. The van der Waals surface area contributed by atoms with Crippen LogP contribution in [0.2, 0.25) is 0 Å². The summed E-state index contributed by atoms with van der Waals surface area (Å²) in [5.74, 6) is 1.01. The third-order valence-electron chi connectivity index (χ3n) is 2.87. The minimum absolute atomic E-state index is 1.01. The molecule has 0 bridgehead atoms. The largest absolute Gasteiger partial charge is 0.496 e. The van der Waals surface area contributed by atoms with Crippen molar-refractivity contribution in [3.05, 3.63) is 23.5 Å². The molecule has 0 unspecified atom stereocenters. The molecule has 0 aliphatic carbocycles. The molecule has 0 saturated heterocycles. The molecule has 90 valence electrons. The number of unbranched alkanes of at least 4 members (excludes halogenated alkanes) is 2. The average Bonchev–Trinajstić information content (AvgIpc) is 2.33. The lowest BCUT2D eigenvalue weighted by molar-refractivity contribution is 0.407. The smallest absolute Gasteiger partial charge is 0.125 e. The predicted octanol–water partition coefficient (Wildman–Crippen LogP) is 3.78. The summed E-state index contributed by atoms with van der Waals surface area (Å²) in [6.45, 7) is 4.43. The summed E-state index contributed by atoms with van der Waals surface area (Å²) in [6.07, 6.45) is 8.87. The molecule has 1 heterocycles. The number of aryl methyl sites for hydroxylation is 1. The summed E-state index contributed by atoms with van der Waals surface area (Å²) in [4.78, 5) is 4.50. The fourth-order valence-corrected chi connectivity index (χ4v) is 1.89. The Morgan fingerprint density at radius 1 is 1.12 bits per heavy atom. The van der Waals surface area contributed by atoms with Crippen molar-refractivity contribution < 1.29 is 4.74 Å². The number of rotatable bonds is 7. The Bertz CT molecular complexity index is 310. The van der Waals surface area contributed by atoms with E-state index in [4.69, 9.17) is 4.74 Å². The van der Waals surface area contributed by atoms with Crippen LogP contribution in [0.25, 0.3) is 0 Å². The molecule has 0 saturated carbocycles. The van der Waals surface area contributed by atoms with Crippen molar-refractivity contribution in [3.63, 3.8) is 0 Å². The predicted molar refractivity (Wildman–Crippen MR) is 68.0 cm³/mol. The van der Waals surface area contributed by atoms with Crippen LogP contribution in [0.1, 0.15) is 50.8 Å². The van der Waals surface area contributed by atoms with Gasteiger partial charge in [-0.25, -0.2) is 0 Å². The lowest BCUT2D eigenvalue weighted by Gasteiger charge is -2.12. The number of aromatic nitrogens is 1. The Kier molecular flexibility index (Phi) is 5.91. The maximum Gasteiger partial charge on any atom is 0.125 e. The molecule has 2 heteroatoms. The number of hydrogen-bond acceptors (Lipinski definition) is 2. The van der Waals surface area contributed by atoms with Gasteiger partial charge in [-0.15, -0.1) is 0 Å². The van der Waals surface area contributed by atoms with Gasteiger partial charge >= 0.3 is 0 Å². The van der Waals surface area contributed by atoms with Crippen LogP contribution in [0.4, 0.5) is 0 Å². The van der Waals surface area contributed by atoms with Crippen LogP contribution in [0.15, 0.2) is 12.3 Å². The molecule has 1 aromatic heterocycles. The topological polar surface area (TPSA) is 22.1 Å². The molecular weight excluding hydrogens is 198 g/mol. The van der Waals surface area contributed by atoms with Crippen molar-refractivity contribution in [1.29, 1.82) is 0 Å². The van der Waals surface area contributed by atoms with E-state index in [-0.39, 0.29) is 0 Å². The second-order valence-corrected chi connectivity index (χ2v) is 4.15. The van der Waals surface area contributed by atoms with Gasteiger partial charge in [0.2, 0.25) is 0 Å². The summed E-state index contributed by atoms with van der Waals surface area (Å²) < 4.78 is 5.42. The van der Waals surface area contributed by atoms with Gasteiger partial charge in [-0.1, -0.05) is 26.7 Å². The third-order valence-corrected chi connectivity index (χ3v) is 2.87. The quantitative estimate of drug-likeness (QED) is 0.699. The number of hydrogen-bond donors (Lipinski definition) is 0. The van der Waals surface area contributed by atoms with Gasteiger partial charge in [0.1, 0.15) is 5.75 Å². The average molecular weight is 221 g/mol. The molecule has 0 atom stereocenters. The number of pyridine rings is 1. The zero-order chi connectivity index (χ0) is 11.8. The molecule has 0 aromatic carbocycles. The molecule has 0 spiro atoms. The highest BCUT2D eigenvalue weighted by molar-refractivity contribution is 5.36. The van der Waals surface area contributed by atoms with Gasteiger partial charge in [-0.05, 0) is 31.7 Å². The van der Waals surface area contributed by atoms with E-state index in [0.29, 0.717) is 0 Å². The van der Waals surface area contributed by atoms with Gasteiger partial charge in [0.25, 0.3) is 0 Å². The summed E-state index contributed by atoms with van der Waals surface area (Å²) in [7, 11) is 1.74. The first-order valence-corrected chi connectivity index (χ1v) is 6.34. The summed E-state index contributed by atoms with van der Waals surface area (Å²) in [5.41, 5.74) is 2.55. The van der Waals surface area contributed by atoms with Crippen molar-refractivity contribution in [2.45, 2.75) is 52.4 Å². The molecule has 0 fully saturated rings. The van der Waals surface area contributed by atoms with Crippen molar-refractivity contribution >= 4 is 0 Å². The van der Waals surface area contributed by atoms with Gasteiger partial charge < -0.3 is 4.74 Å². The maximum atomic E-state index is 5.42. The van der Waals surface area contributed by atoms with E-state index in [1.54, 1.807) is 7.11 Å². The maximum absolute atomic E-state index is 5.42. The number of methoxy groups -OCH3 is 1. The molecule has 0 radical (unpaired) electrons. The standard InChI is InChI=1S/C14H23NO/c1-4-6-8-12-13(9-7-5-2)15-11-10-14(12)16-3/h10-11H,4-9H2,1-3H3. The highest BCUT2D eigenvalue weighted by Gasteiger charge is 2.09. The van der Waals surface area contributed by atoms with Crippen LogP contribution in [0.3, 0.4) is 0 Å². The van der Waals surface area contributed by atoms with E-state index in [1.807, 2.05) is 12.3 Å². The SMILES string of the molecule is CCCCc1nccc(OC)c1CCCC. The molecule has 0 N–H and O–H groups in total. The second kappa shape index (κ2) is 7.26. The Hall–Kier alpha value is -1.05. The first-order valence-electron chi connectivity index (χ1n) is 6.34. The highest BCUT2D eigenvalue weighted by atomic mass is 16.5. The van der Waals surface area contributed by atoms with Crippen LogP contribution in [-0.2, 0) is 12.8 Å². The van der Waals surface area contributed by atoms with Crippen molar-refractivity contribution in [2.75, 3.05) is 7.11 Å². The second-order valence-electron chi connectivity index (χ2n) is 4.15. The zero-order valence-corrected chi connectivity index (χ0v) is 10.8. The highest BCUT2D eigenvalue weighted by Crippen LogP contribution is 2.23. The normalized spacial score (nSPS) is 10.4. The number of ether oxygens (including phenoxy) is 1. The van der Waals surface area contributed by atoms with Crippen LogP contribution in [0.5, 0.6) is 5.75 Å². The van der Waals surface area contributed by atoms with E-state index in [1.165, 1.54) is 36.9 Å². The van der Waals surface area contributed by atoms with Crippen LogP contribution >= 0.6 is 0 Å². The van der Waals surface area contributed by atoms with Crippen molar-refractivity contribution in [1.82, 2.24) is 4.98 Å². The monoisotopic (exact) mass is 221 g/mol. The van der Waals surface area contributed by atoms with Gasteiger partial charge in [0.05, 0.1) is 7.11 Å². The molecule has 0 aliphatic rings. The molecule has 1 aromatic rings. The van der Waals surface area contributed by atoms with E-state index < -0.39 is 0 Å². The third kappa shape index (κ3) is 3.51. The van der Waals surface area contributed by atoms with Gasteiger partial charge in [0, 0.05) is 17.5 Å². The van der Waals surface area contributed by atoms with Crippen LogP contribution in [-0.4, -0.2) is 12.1 Å². The van der Waals surface area contributed by atoms with E-state index in [9.17, 15) is 0 Å². The van der Waals surface area contributed by atoms with Crippen molar-refractivity contribution in [2.24, 2.45) is 0 Å². The first-order chi connectivity index (χ1) is 7.83. The Labute approximate surface area is 99.0 Å². The molecule has 1 rings (SSSR count). The summed E-state index contributed by atoms with van der Waals surface area (Å²) >= 11 is 0. The molecule has 0 aliphatic heterocycles. The molecule has 16 heavy (non-hydrogen) atoms. The number of nitrogens with zero attached hydrogens (tertiary/aromatic N) is 1. The van der Waals surface area contributed by atoms with Crippen molar-refractivity contribution in [3.8, 4) is 5.75 Å². The molecule has 0 amide bonds. The summed E-state index contributed by atoms with van der Waals surface area (Å²) in [5, 5.41) is 0.